The predicted octanol–water partition coefficient (Wildman–Crippen LogP) is 4.54. The van der Waals surface area contributed by atoms with E-state index in [2.05, 4.69) is 14.7 Å². The summed E-state index contributed by atoms with van der Waals surface area (Å²) in [4.78, 5) is 21.3. The summed E-state index contributed by atoms with van der Waals surface area (Å²) in [6.45, 7) is 0. The maximum atomic E-state index is 14.1. The number of hydrogen-bond acceptors (Lipinski definition) is 6. The number of nitrogens with one attached hydrogen (secondary N) is 1. The molecule has 5 aromatic rings. The summed E-state index contributed by atoms with van der Waals surface area (Å²) in [7, 11) is -3.15. The zero-order valence-electron chi connectivity index (χ0n) is 19.2. The molecule has 186 valence electrons. The smallest absolute Gasteiger partial charge is 0.267 e. The molecule has 0 atom stereocenters. The first-order valence-electron chi connectivity index (χ1n) is 10.9. The fourth-order valence-corrected chi connectivity index (χ4v) is 4.99. The van der Waals surface area contributed by atoms with Crippen molar-refractivity contribution in [1.82, 2.24) is 14.5 Å². The van der Waals surface area contributed by atoms with Gasteiger partial charge in [0.05, 0.1) is 29.4 Å². The van der Waals surface area contributed by atoms with Crippen molar-refractivity contribution in [2.75, 3.05) is 11.8 Å². The van der Waals surface area contributed by atoms with Crippen molar-refractivity contribution >= 4 is 26.6 Å². The van der Waals surface area contributed by atoms with Crippen molar-refractivity contribution < 1.29 is 21.9 Å². The van der Waals surface area contributed by atoms with Crippen LogP contribution in [-0.4, -0.2) is 30.1 Å². The molecule has 1 N–H and O–H groups in total. The summed E-state index contributed by atoms with van der Waals surface area (Å²) < 4.78 is 62.2. The number of ether oxygens (including phenoxy) is 1. The second-order valence-corrected chi connectivity index (χ2v) is 9.60. The molecule has 0 saturated heterocycles. The van der Waals surface area contributed by atoms with Crippen LogP contribution in [-0.2, 0) is 10.0 Å². The Labute approximate surface area is 209 Å². The molecule has 0 spiro atoms. The minimum absolute atomic E-state index is 0.229. The van der Waals surface area contributed by atoms with Crippen molar-refractivity contribution in [3.8, 4) is 22.7 Å². The highest BCUT2D eigenvalue weighted by molar-refractivity contribution is 7.92. The number of methoxy groups -OCH3 is 1. The van der Waals surface area contributed by atoms with Gasteiger partial charge in [0.15, 0.2) is 0 Å². The van der Waals surface area contributed by atoms with E-state index in [-0.39, 0.29) is 16.3 Å². The Morgan fingerprint density at radius 1 is 0.919 bits per heavy atom. The third-order valence-electron chi connectivity index (χ3n) is 5.60. The van der Waals surface area contributed by atoms with Crippen LogP contribution in [0.5, 0.6) is 5.88 Å². The number of rotatable bonds is 6. The van der Waals surface area contributed by atoms with Gasteiger partial charge in [-0.3, -0.25) is 14.1 Å². The van der Waals surface area contributed by atoms with E-state index in [4.69, 9.17) is 4.74 Å². The van der Waals surface area contributed by atoms with Gasteiger partial charge < -0.3 is 4.74 Å². The van der Waals surface area contributed by atoms with E-state index in [0.717, 1.165) is 12.1 Å². The Morgan fingerprint density at radius 3 is 2.43 bits per heavy atom. The molecule has 0 aliphatic carbocycles. The van der Waals surface area contributed by atoms with Gasteiger partial charge in [-0.2, -0.15) is 0 Å². The summed E-state index contributed by atoms with van der Waals surface area (Å²) in [6, 6.07) is 17.7. The molecule has 0 unspecified atom stereocenters. The molecule has 2 heterocycles. The van der Waals surface area contributed by atoms with E-state index < -0.39 is 27.3 Å². The van der Waals surface area contributed by atoms with Crippen LogP contribution >= 0.6 is 0 Å². The number of anilines is 1. The lowest BCUT2D eigenvalue weighted by Gasteiger charge is -2.13. The normalized spacial score (nSPS) is 11.4. The number of para-hydroxylation sites is 1. The van der Waals surface area contributed by atoms with E-state index in [9.17, 15) is 22.0 Å². The van der Waals surface area contributed by atoms with Gasteiger partial charge in [0.2, 0.25) is 5.88 Å². The summed E-state index contributed by atoms with van der Waals surface area (Å²) in [6.07, 6.45) is 2.84. The van der Waals surface area contributed by atoms with Crippen LogP contribution in [0, 0.1) is 11.6 Å². The molecule has 2 aromatic heterocycles. The number of pyridine rings is 1. The van der Waals surface area contributed by atoms with Gasteiger partial charge >= 0.3 is 0 Å². The summed E-state index contributed by atoms with van der Waals surface area (Å²) in [5.41, 5.74) is 1.22. The lowest BCUT2D eigenvalue weighted by Crippen LogP contribution is -2.18. The zero-order valence-corrected chi connectivity index (χ0v) is 20.0. The number of nitrogens with zero attached hydrogens (tertiary/aromatic N) is 3. The maximum absolute atomic E-state index is 14.1. The molecule has 5 rings (SSSR count). The first-order chi connectivity index (χ1) is 17.8. The highest BCUT2D eigenvalue weighted by Gasteiger charge is 2.23. The molecular formula is C26H18F2N4O4S. The third kappa shape index (κ3) is 4.64. The van der Waals surface area contributed by atoms with Gasteiger partial charge in [0.1, 0.15) is 22.9 Å². The molecule has 37 heavy (non-hydrogen) atoms. The number of hydrogen-bond donors (Lipinski definition) is 1. The van der Waals surface area contributed by atoms with Crippen LogP contribution in [0.25, 0.3) is 27.7 Å². The van der Waals surface area contributed by atoms with E-state index in [1.165, 1.54) is 30.3 Å². The Morgan fingerprint density at radius 2 is 1.70 bits per heavy atom. The molecule has 0 fully saturated rings. The van der Waals surface area contributed by atoms with Gasteiger partial charge in [0.25, 0.3) is 15.6 Å². The van der Waals surface area contributed by atoms with Gasteiger partial charge in [-0.15, -0.1) is 0 Å². The average Bonchev–Trinajstić information content (AvgIpc) is 2.90. The maximum Gasteiger partial charge on any atom is 0.267 e. The minimum atomic E-state index is -4.39. The van der Waals surface area contributed by atoms with Crippen molar-refractivity contribution in [2.24, 2.45) is 0 Å². The number of fused-ring (bicyclic) bond motifs is 1. The minimum Gasteiger partial charge on any atom is -0.480 e. The zero-order chi connectivity index (χ0) is 26.2. The summed E-state index contributed by atoms with van der Waals surface area (Å²) in [5, 5.41) is 0.315. The summed E-state index contributed by atoms with van der Waals surface area (Å²) in [5.74, 6) is -2.16. The van der Waals surface area contributed by atoms with Gasteiger partial charge in [-0.1, -0.05) is 24.3 Å². The standard InChI is InChI=1S/C26H18F2N4O4S/c1-36-25-24(37(34,35)31-23-10-8-18(27)13-21(23)28)12-17(14-29-25)16-7-9-22-20(11-16)26(33)32(15-30-22)19-5-3-2-4-6-19/h2-15,31H,1H3. The third-order valence-corrected chi connectivity index (χ3v) is 6.96. The predicted molar refractivity (Wildman–Crippen MR) is 134 cm³/mol. The monoisotopic (exact) mass is 520 g/mol. The highest BCUT2D eigenvalue weighted by atomic mass is 32.2. The fourth-order valence-electron chi connectivity index (χ4n) is 3.78. The van der Waals surface area contributed by atoms with E-state index in [0.29, 0.717) is 33.8 Å². The van der Waals surface area contributed by atoms with Gasteiger partial charge in [-0.05, 0) is 48.0 Å². The quantitative estimate of drug-likeness (QED) is 0.353. The first-order valence-corrected chi connectivity index (χ1v) is 12.3. The molecule has 11 heteroatoms. The molecule has 8 nitrogen and oxygen atoms in total. The van der Waals surface area contributed by atoms with Crippen LogP contribution in [0.15, 0.2) is 95.0 Å². The van der Waals surface area contributed by atoms with Crippen LogP contribution in [0.2, 0.25) is 0 Å². The Balaban J connectivity index is 1.59. The van der Waals surface area contributed by atoms with E-state index in [1.807, 2.05) is 6.07 Å². The molecule has 0 aliphatic heterocycles. The molecule has 0 aliphatic rings. The van der Waals surface area contributed by atoms with E-state index >= 15 is 0 Å². The molecule has 3 aromatic carbocycles. The molecular weight excluding hydrogens is 502 g/mol. The van der Waals surface area contributed by atoms with Gasteiger partial charge in [-0.25, -0.2) is 27.2 Å². The Kier molecular flexibility index (Phi) is 6.14. The topological polar surface area (TPSA) is 103 Å². The number of halogens is 2. The van der Waals surface area contributed by atoms with Crippen molar-refractivity contribution in [3.63, 3.8) is 0 Å². The fraction of sp³-hybridized carbons (Fsp3) is 0.0385. The second kappa shape index (κ2) is 9.43. The molecule has 0 bridgehead atoms. The first kappa shape index (κ1) is 24.1. The molecule has 0 amide bonds. The van der Waals surface area contributed by atoms with Crippen LogP contribution in [0.1, 0.15) is 0 Å². The van der Waals surface area contributed by atoms with Crippen LogP contribution in [0.3, 0.4) is 0 Å². The lowest BCUT2D eigenvalue weighted by atomic mass is 10.1. The van der Waals surface area contributed by atoms with Crippen molar-refractivity contribution in [2.45, 2.75) is 4.90 Å². The van der Waals surface area contributed by atoms with Crippen molar-refractivity contribution in [1.29, 1.82) is 0 Å². The highest BCUT2D eigenvalue weighted by Crippen LogP contribution is 2.30. The average molecular weight is 521 g/mol. The van der Waals surface area contributed by atoms with Crippen LogP contribution in [0.4, 0.5) is 14.5 Å². The van der Waals surface area contributed by atoms with E-state index in [1.54, 1.807) is 42.5 Å². The largest absolute Gasteiger partial charge is 0.480 e. The molecule has 0 saturated carbocycles. The number of sulfonamides is 1. The number of benzene rings is 3. The van der Waals surface area contributed by atoms with Gasteiger partial charge in [0, 0.05) is 17.8 Å². The van der Waals surface area contributed by atoms with Crippen LogP contribution < -0.4 is 15.0 Å². The summed E-state index contributed by atoms with van der Waals surface area (Å²) >= 11 is 0. The van der Waals surface area contributed by atoms with Crippen molar-refractivity contribution in [3.05, 3.63) is 107 Å². The lowest BCUT2D eigenvalue weighted by molar-refractivity contribution is 0.385. The Hall–Kier alpha value is -4.64. The number of aromatic nitrogens is 3. The Bertz CT molecular complexity index is 1810. The SMILES string of the molecule is COc1ncc(-c2ccc3ncn(-c4ccccc4)c(=O)c3c2)cc1S(=O)(=O)Nc1ccc(F)cc1F. The molecule has 0 radical (unpaired) electrons. The second-order valence-electron chi connectivity index (χ2n) is 7.95.